The largest absolute Gasteiger partial charge is 0.468 e. The molecule has 146 valence electrons. The number of sulfone groups is 1. The monoisotopic (exact) mass is 392 g/mol. The molecular formula is C19H24N2O5S. The van der Waals surface area contributed by atoms with Crippen LogP contribution in [0.5, 0.6) is 0 Å². The predicted molar refractivity (Wildman–Crippen MR) is 101 cm³/mol. The lowest BCUT2D eigenvalue weighted by molar-refractivity contribution is -0.139. The van der Waals surface area contributed by atoms with Crippen molar-refractivity contribution in [3.63, 3.8) is 0 Å². The molecule has 1 aromatic carbocycles. The molecule has 0 aliphatic carbocycles. The van der Waals surface area contributed by atoms with Crippen molar-refractivity contribution in [1.82, 2.24) is 10.6 Å². The molecule has 27 heavy (non-hydrogen) atoms. The molecule has 0 spiro atoms. The highest BCUT2D eigenvalue weighted by atomic mass is 32.2. The molecule has 0 unspecified atom stereocenters. The quantitative estimate of drug-likeness (QED) is 0.669. The van der Waals surface area contributed by atoms with E-state index in [0.717, 1.165) is 6.42 Å². The molecule has 8 heteroatoms. The van der Waals surface area contributed by atoms with Crippen LogP contribution in [0, 0.1) is 5.92 Å². The van der Waals surface area contributed by atoms with Gasteiger partial charge < -0.3 is 15.1 Å². The average Bonchev–Trinajstić information content (AvgIpc) is 3.16. The van der Waals surface area contributed by atoms with E-state index < -0.39 is 26.9 Å². The fourth-order valence-electron chi connectivity index (χ4n) is 2.43. The molecule has 0 aliphatic rings. The van der Waals surface area contributed by atoms with Crippen LogP contribution in [0.25, 0.3) is 0 Å². The van der Waals surface area contributed by atoms with Crippen molar-refractivity contribution in [3.05, 3.63) is 54.5 Å². The lowest BCUT2D eigenvalue weighted by atomic mass is 10.1. The Labute approximate surface area is 159 Å². The number of furan rings is 1. The molecule has 2 N–H and O–H groups in total. The Kier molecular flexibility index (Phi) is 7.18. The molecule has 2 aromatic rings. The van der Waals surface area contributed by atoms with Crippen LogP contribution in [0.3, 0.4) is 0 Å². The molecule has 1 atom stereocenters. The Hall–Kier alpha value is -2.61. The lowest BCUT2D eigenvalue weighted by Gasteiger charge is -2.16. The van der Waals surface area contributed by atoms with E-state index in [1.54, 1.807) is 24.3 Å². The van der Waals surface area contributed by atoms with Gasteiger partial charge >= 0.3 is 11.8 Å². The number of carbonyl (C=O) groups is 2. The molecule has 2 rings (SSSR count). The topological polar surface area (TPSA) is 105 Å². The summed E-state index contributed by atoms with van der Waals surface area (Å²) in [7, 11) is -3.81. The van der Waals surface area contributed by atoms with E-state index >= 15 is 0 Å². The lowest BCUT2D eigenvalue weighted by Crippen LogP contribution is -2.42. The second-order valence-corrected chi connectivity index (χ2v) is 8.64. The Bertz CT molecular complexity index is 845. The number of benzene rings is 1. The summed E-state index contributed by atoms with van der Waals surface area (Å²) in [5.74, 6) is -1.07. The molecule has 0 radical (unpaired) electrons. The Balaban J connectivity index is 2.09. The predicted octanol–water partition coefficient (Wildman–Crippen LogP) is 2.07. The molecule has 7 nitrogen and oxygen atoms in total. The molecule has 1 aromatic heterocycles. The van der Waals surface area contributed by atoms with E-state index in [1.807, 2.05) is 13.8 Å². The smallest absolute Gasteiger partial charge is 0.309 e. The first-order valence-electron chi connectivity index (χ1n) is 8.70. The highest BCUT2D eigenvalue weighted by Gasteiger charge is 2.32. The third-order valence-electron chi connectivity index (χ3n) is 3.97. The standard InChI is InChI=1S/C19H24N2O5S/c1-14(2)10-11-20-18(22)19(23)21-13-17(16-9-6-12-26-16)27(24,25)15-7-4-3-5-8-15/h3-9,12,14,17H,10-11,13H2,1-2H3,(H,20,22)(H,21,23)/t17-/m0/s1. The second-order valence-electron chi connectivity index (χ2n) is 6.51. The van der Waals surface area contributed by atoms with Gasteiger partial charge in [-0.05, 0) is 36.6 Å². The summed E-state index contributed by atoms with van der Waals surface area (Å²) >= 11 is 0. The van der Waals surface area contributed by atoms with Crippen molar-refractivity contribution in [2.45, 2.75) is 30.4 Å². The van der Waals surface area contributed by atoms with Gasteiger partial charge in [0.1, 0.15) is 11.0 Å². The van der Waals surface area contributed by atoms with Crippen molar-refractivity contribution in [3.8, 4) is 0 Å². The fourth-order valence-corrected chi connectivity index (χ4v) is 4.04. The van der Waals surface area contributed by atoms with Crippen LogP contribution in [0.15, 0.2) is 58.0 Å². The van der Waals surface area contributed by atoms with Crippen LogP contribution in [0.2, 0.25) is 0 Å². The van der Waals surface area contributed by atoms with Crippen molar-refractivity contribution in [2.24, 2.45) is 5.92 Å². The third-order valence-corrected chi connectivity index (χ3v) is 6.05. The van der Waals surface area contributed by atoms with E-state index in [-0.39, 0.29) is 17.2 Å². The maximum Gasteiger partial charge on any atom is 0.309 e. The Morgan fingerprint density at radius 1 is 1.00 bits per heavy atom. The summed E-state index contributed by atoms with van der Waals surface area (Å²) < 4.78 is 31.2. The van der Waals surface area contributed by atoms with Crippen molar-refractivity contribution >= 4 is 21.7 Å². The van der Waals surface area contributed by atoms with Gasteiger partial charge in [-0.2, -0.15) is 0 Å². The summed E-state index contributed by atoms with van der Waals surface area (Å²) in [6, 6.07) is 11.0. The first kappa shape index (κ1) is 20.7. The zero-order valence-electron chi connectivity index (χ0n) is 15.3. The van der Waals surface area contributed by atoms with Gasteiger partial charge in [0.05, 0.1) is 11.2 Å². The van der Waals surface area contributed by atoms with E-state index in [1.165, 1.54) is 24.5 Å². The number of hydrogen-bond donors (Lipinski definition) is 2. The van der Waals surface area contributed by atoms with Gasteiger partial charge in [0, 0.05) is 13.1 Å². The summed E-state index contributed by atoms with van der Waals surface area (Å²) in [5, 5.41) is 3.78. The zero-order valence-corrected chi connectivity index (χ0v) is 16.2. The molecule has 0 bridgehead atoms. The van der Waals surface area contributed by atoms with Crippen molar-refractivity contribution in [2.75, 3.05) is 13.1 Å². The van der Waals surface area contributed by atoms with Crippen LogP contribution >= 0.6 is 0 Å². The van der Waals surface area contributed by atoms with Crippen LogP contribution in [-0.2, 0) is 19.4 Å². The molecule has 2 amide bonds. The average molecular weight is 392 g/mol. The molecular weight excluding hydrogens is 368 g/mol. The minimum absolute atomic E-state index is 0.113. The second kappa shape index (κ2) is 9.36. The number of nitrogens with one attached hydrogen (secondary N) is 2. The maximum absolute atomic E-state index is 12.9. The minimum atomic E-state index is -3.81. The zero-order chi connectivity index (χ0) is 19.9. The van der Waals surface area contributed by atoms with Crippen LogP contribution in [0.1, 0.15) is 31.3 Å². The molecule has 0 saturated carbocycles. The van der Waals surface area contributed by atoms with E-state index in [2.05, 4.69) is 10.6 Å². The Morgan fingerprint density at radius 2 is 1.67 bits per heavy atom. The third kappa shape index (κ3) is 5.68. The van der Waals surface area contributed by atoms with Gasteiger partial charge in [0.2, 0.25) is 0 Å². The van der Waals surface area contributed by atoms with Gasteiger partial charge in [-0.15, -0.1) is 0 Å². The van der Waals surface area contributed by atoms with Crippen LogP contribution in [-0.4, -0.2) is 33.3 Å². The van der Waals surface area contributed by atoms with Crippen LogP contribution < -0.4 is 10.6 Å². The van der Waals surface area contributed by atoms with Crippen molar-refractivity contribution in [1.29, 1.82) is 0 Å². The van der Waals surface area contributed by atoms with E-state index in [0.29, 0.717) is 12.5 Å². The van der Waals surface area contributed by atoms with Gasteiger partial charge in [0.15, 0.2) is 9.84 Å². The highest BCUT2D eigenvalue weighted by Crippen LogP contribution is 2.28. The molecule has 1 heterocycles. The summed E-state index contributed by atoms with van der Waals surface area (Å²) in [6.45, 7) is 4.12. The summed E-state index contributed by atoms with van der Waals surface area (Å²) in [4.78, 5) is 24.0. The number of carbonyl (C=O) groups excluding carboxylic acids is 2. The highest BCUT2D eigenvalue weighted by molar-refractivity contribution is 7.91. The van der Waals surface area contributed by atoms with E-state index in [4.69, 9.17) is 4.42 Å². The first-order chi connectivity index (χ1) is 12.8. The molecule has 0 fully saturated rings. The van der Waals surface area contributed by atoms with Gasteiger partial charge in [-0.3, -0.25) is 9.59 Å². The summed E-state index contributed by atoms with van der Waals surface area (Å²) in [5.41, 5.74) is 0. The molecule has 0 aliphatic heterocycles. The van der Waals surface area contributed by atoms with Crippen molar-refractivity contribution < 1.29 is 22.4 Å². The maximum atomic E-state index is 12.9. The minimum Gasteiger partial charge on any atom is -0.468 e. The van der Waals surface area contributed by atoms with Gasteiger partial charge in [-0.25, -0.2) is 8.42 Å². The van der Waals surface area contributed by atoms with E-state index in [9.17, 15) is 18.0 Å². The van der Waals surface area contributed by atoms with Crippen LogP contribution in [0.4, 0.5) is 0 Å². The van der Waals surface area contributed by atoms with Gasteiger partial charge in [-0.1, -0.05) is 32.0 Å². The first-order valence-corrected chi connectivity index (χ1v) is 10.3. The van der Waals surface area contributed by atoms with Gasteiger partial charge in [0.25, 0.3) is 0 Å². The fraction of sp³-hybridized carbons (Fsp3) is 0.368. The normalized spacial score (nSPS) is 12.6. The SMILES string of the molecule is CC(C)CCNC(=O)C(=O)NC[C@@H](c1ccco1)S(=O)(=O)c1ccccc1. The Morgan fingerprint density at radius 3 is 2.26 bits per heavy atom. The number of hydrogen-bond acceptors (Lipinski definition) is 5. The molecule has 0 saturated heterocycles. The summed E-state index contributed by atoms with van der Waals surface area (Å²) in [6.07, 6.45) is 2.11. The number of rotatable bonds is 8. The number of amides is 2.